The summed E-state index contributed by atoms with van der Waals surface area (Å²) in [6.45, 7) is 3.71. The van der Waals surface area contributed by atoms with Crippen molar-refractivity contribution in [2.24, 2.45) is 0 Å². The Labute approximate surface area is 182 Å². The summed E-state index contributed by atoms with van der Waals surface area (Å²) in [4.78, 5) is 10.9. The normalized spacial score (nSPS) is 32.5. The molecule has 158 valence electrons. The molecule has 2 aromatic heterocycles. The largest absolute Gasteiger partial charge is 0.387 e. The highest BCUT2D eigenvalue weighted by Crippen LogP contribution is 2.40. The van der Waals surface area contributed by atoms with Gasteiger partial charge in [-0.1, -0.05) is 0 Å². The van der Waals surface area contributed by atoms with E-state index in [1.54, 1.807) is 4.57 Å². The van der Waals surface area contributed by atoms with Gasteiger partial charge in [-0.3, -0.25) is 4.90 Å². The minimum absolute atomic E-state index is 0.203. The van der Waals surface area contributed by atoms with Gasteiger partial charge in [-0.2, -0.15) is 0 Å². The summed E-state index contributed by atoms with van der Waals surface area (Å²) in [5.41, 5.74) is 6.82. The zero-order chi connectivity index (χ0) is 20.2. The van der Waals surface area contributed by atoms with Crippen molar-refractivity contribution in [3.63, 3.8) is 0 Å². The number of piperidine rings is 1. The molecule has 5 N–H and O–H groups in total. The third-order valence-electron chi connectivity index (χ3n) is 6.88. The van der Waals surface area contributed by atoms with Crippen LogP contribution in [0.1, 0.15) is 31.9 Å². The van der Waals surface area contributed by atoms with Crippen LogP contribution >= 0.6 is 22.6 Å². The Kier molecular flexibility index (Phi) is 5.19. The van der Waals surface area contributed by atoms with Crippen molar-refractivity contribution in [1.29, 1.82) is 0 Å². The first-order valence-electron chi connectivity index (χ1n) is 10.2. The van der Waals surface area contributed by atoms with Gasteiger partial charge in [-0.15, -0.1) is 0 Å². The number of aromatic nitrogens is 3. The molecule has 1 spiro atoms. The van der Waals surface area contributed by atoms with Gasteiger partial charge >= 0.3 is 0 Å². The first kappa shape index (κ1) is 19.9. The quantitative estimate of drug-likeness (QED) is 0.436. The fourth-order valence-corrected chi connectivity index (χ4v) is 6.14. The van der Waals surface area contributed by atoms with Crippen molar-refractivity contribution >= 4 is 39.4 Å². The van der Waals surface area contributed by atoms with Gasteiger partial charge < -0.3 is 30.6 Å². The molecule has 3 saturated heterocycles. The number of ether oxygens (including phenoxy) is 1. The fraction of sp³-hybridized carbons (Fsp3) is 0.684. The van der Waals surface area contributed by atoms with Crippen LogP contribution in [0.25, 0.3) is 11.0 Å². The van der Waals surface area contributed by atoms with Crippen molar-refractivity contribution < 1.29 is 14.9 Å². The van der Waals surface area contributed by atoms with Gasteiger partial charge in [-0.25, -0.2) is 9.97 Å². The number of likely N-dealkylation sites (tertiary alicyclic amines) is 1. The minimum Gasteiger partial charge on any atom is -0.387 e. The zero-order valence-electron chi connectivity index (χ0n) is 16.2. The number of nitrogens with two attached hydrogens (primary N) is 1. The van der Waals surface area contributed by atoms with E-state index in [9.17, 15) is 10.2 Å². The zero-order valence-corrected chi connectivity index (χ0v) is 18.3. The number of nitrogen functional groups attached to an aromatic ring is 1. The predicted octanol–water partition coefficient (Wildman–Crippen LogP) is 0.455. The molecule has 9 nitrogen and oxygen atoms in total. The monoisotopic (exact) mass is 514 g/mol. The van der Waals surface area contributed by atoms with Gasteiger partial charge in [0.25, 0.3) is 0 Å². The summed E-state index contributed by atoms with van der Waals surface area (Å²) in [6.07, 6.45) is 4.73. The number of aliphatic hydroxyl groups excluding tert-OH is 2. The number of hydrogen-bond donors (Lipinski definition) is 4. The van der Waals surface area contributed by atoms with Gasteiger partial charge in [0, 0.05) is 21.9 Å². The molecule has 3 fully saturated rings. The van der Waals surface area contributed by atoms with Gasteiger partial charge in [0.2, 0.25) is 0 Å². The predicted molar refractivity (Wildman–Crippen MR) is 116 cm³/mol. The van der Waals surface area contributed by atoms with E-state index in [4.69, 9.17) is 10.5 Å². The lowest BCUT2D eigenvalue weighted by molar-refractivity contribution is -0.0542. The molecule has 0 bridgehead atoms. The average Bonchev–Trinajstić information content (AvgIpc) is 3.34. The molecule has 3 aliphatic heterocycles. The second-order valence-electron chi connectivity index (χ2n) is 8.41. The van der Waals surface area contributed by atoms with Crippen LogP contribution in [-0.2, 0) is 4.74 Å². The number of fused-ring (bicyclic) bond motifs is 1. The summed E-state index contributed by atoms with van der Waals surface area (Å²) in [6, 6.07) is 0. The molecule has 2 aromatic rings. The molecule has 3 aliphatic rings. The molecule has 5 heterocycles. The lowest BCUT2D eigenvalue weighted by Crippen LogP contribution is -2.54. The summed E-state index contributed by atoms with van der Waals surface area (Å²) in [5, 5.41) is 25.8. The molecule has 5 rings (SSSR count). The fourth-order valence-electron chi connectivity index (χ4n) is 5.32. The Bertz CT molecular complexity index is 901. The summed E-state index contributed by atoms with van der Waals surface area (Å²) in [5.74, 6) is 0.396. The topological polar surface area (TPSA) is 122 Å². The second kappa shape index (κ2) is 7.57. The molecule has 0 amide bonds. The Morgan fingerprint density at radius 1 is 1.24 bits per heavy atom. The molecule has 4 atom stereocenters. The van der Waals surface area contributed by atoms with Gasteiger partial charge in [0.05, 0.1) is 5.39 Å². The number of hydrogen-bond acceptors (Lipinski definition) is 8. The molecule has 0 saturated carbocycles. The third-order valence-corrected chi connectivity index (χ3v) is 7.70. The van der Waals surface area contributed by atoms with Crippen LogP contribution in [0.5, 0.6) is 0 Å². The maximum atomic E-state index is 10.8. The number of nitrogens with one attached hydrogen (secondary N) is 1. The Morgan fingerprint density at radius 3 is 2.83 bits per heavy atom. The van der Waals surface area contributed by atoms with E-state index in [0.717, 1.165) is 41.4 Å². The average molecular weight is 514 g/mol. The van der Waals surface area contributed by atoms with E-state index in [2.05, 4.69) is 42.8 Å². The number of anilines is 1. The van der Waals surface area contributed by atoms with Crippen LogP contribution in [0.3, 0.4) is 0 Å². The first-order chi connectivity index (χ1) is 14.0. The van der Waals surface area contributed by atoms with Crippen LogP contribution in [0.4, 0.5) is 5.82 Å². The highest BCUT2D eigenvalue weighted by Gasteiger charge is 2.48. The minimum atomic E-state index is -1.03. The van der Waals surface area contributed by atoms with Crippen LogP contribution < -0.4 is 11.1 Å². The van der Waals surface area contributed by atoms with E-state index >= 15 is 0 Å². The highest BCUT2D eigenvalue weighted by atomic mass is 127. The third kappa shape index (κ3) is 3.24. The first-order valence-corrected chi connectivity index (χ1v) is 11.3. The number of aliphatic hydroxyl groups is 2. The molecule has 0 aromatic carbocycles. The molecule has 0 unspecified atom stereocenters. The van der Waals surface area contributed by atoms with Crippen molar-refractivity contribution in [1.82, 2.24) is 24.8 Å². The van der Waals surface area contributed by atoms with Crippen LogP contribution in [0.15, 0.2) is 12.5 Å². The number of halogens is 1. The Balaban J connectivity index is 1.39. The highest BCUT2D eigenvalue weighted by molar-refractivity contribution is 14.1. The summed E-state index contributed by atoms with van der Waals surface area (Å²) < 4.78 is 8.89. The SMILES string of the molecule is Nc1ncnc2c1c(I)cn2[C@@H]1O[C@H](CN2CCCC23CCNCC3)[C@@H](O)[C@H]1O. The van der Waals surface area contributed by atoms with Crippen LogP contribution in [0.2, 0.25) is 0 Å². The second-order valence-corrected chi connectivity index (χ2v) is 9.57. The van der Waals surface area contributed by atoms with E-state index < -0.39 is 24.5 Å². The van der Waals surface area contributed by atoms with Crippen LogP contribution in [-0.4, -0.2) is 79.7 Å². The smallest absolute Gasteiger partial charge is 0.164 e. The molecular weight excluding hydrogens is 487 g/mol. The molecular formula is C19H27IN6O3. The van der Waals surface area contributed by atoms with Gasteiger partial charge in [0.15, 0.2) is 6.23 Å². The lowest BCUT2D eigenvalue weighted by atomic mass is 9.85. The van der Waals surface area contributed by atoms with Crippen molar-refractivity contribution in [2.45, 2.75) is 55.8 Å². The summed E-state index contributed by atoms with van der Waals surface area (Å²) in [7, 11) is 0. The van der Waals surface area contributed by atoms with E-state index in [1.165, 1.54) is 19.2 Å². The maximum absolute atomic E-state index is 10.8. The number of nitrogens with zero attached hydrogens (tertiary/aromatic N) is 4. The van der Waals surface area contributed by atoms with Gasteiger partial charge in [0.1, 0.15) is 36.1 Å². The molecule has 0 aliphatic carbocycles. The van der Waals surface area contributed by atoms with Crippen LogP contribution in [0, 0.1) is 3.57 Å². The van der Waals surface area contributed by atoms with E-state index in [1.807, 2.05) is 6.20 Å². The van der Waals surface area contributed by atoms with E-state index in [-0.39, 0.29) is 5.54 Å². The number of rotatable bonds is 3. The molecule has 29 heavy (non-hydrogen) atoms. The molecule has 0 radical (unpaired) electrons. The lowest BCUT2D eigenvalue weighted by Gasteiger charge is -2.43. The maximum Gasteiger partial charge on any atom is 0.164 e. The Hall–Kier alpha value is -1.05. The van der Waals surface area contributed by atoms with E-state index in [0.29, 0.717) is 18.0 Å². The van der Waals surface area contributed by atoms with Crippen molar-refractivity contribution in [2.75, 3.05) is 31.9 Å². The summed E-state index contributed by atoms with van der Waals surface area (Å²) >= 11 is 2.18. The Morgan fingerprint density at radius 2 is 2.03 bits per heavy atom. The standard InChI is InChI=1S/C19H27IN6O3/c20-11-8-26(17-13(11)16(21)23-10-24-17)18-15(28)14(27)12(29-18)9-25-7-1-2-19(25)3-5-22-6-4-19/h8,10,12,14-15,18,22,27-28H,1-7,9H2,(H2,21,23,24)/t12-,14-,15-,18-/m1/s1. The van der Waals surface area contributed by atoms with Crippen molar-refractivity contribution in [3.05, 3.63) is 16.1 Å². The van der Waals surface area contributed by atoms with Gasteiger partial charge in [-0.05, 0) is 67.9 Å². The van der Waals surface area contributed by atoms with Crippen molar-refractivity contribution in [3.8, 4) is 0 Å². The molecule has 10 heteroatoms.